The first-order chi connectivity index (χ1) is 9.15. The fraction of sp³-hybridized carbons (Fsp3) is 0.571. The van der Waals surface area contributed by atoms with Crippen LogP contribution in [-0.2, 0) is 4.74 Å². The minimum Gasteiger partial charge on any atom is -0.487 e. The van der Waals surface area contributed by atoms with Gasteiger partial charge in [-0.1, -0.05) is 18.5 Å². The summed E-state index contributed by atoms with van der Waals surface area (Å²) >= 11 is 5.64. The van der Waals surface area contributed by atoms with E-state index in [4.69, 9.17) is 21.1 Å². The molecule has 106 valence electrons. The molecule has 3 nitrogen and oxygen atoms in total. The normalized spacial score (nSPS) is 26.0. The molecule has 1 aromatic carbocycles. The van der Waals surface area contributed by atoms with E-state index in [9.17, 15) is 4.39 Å². The lowest BCUT2D eigenvalue weighted by molar-refractivity contribution is -0.106. The summed E-state index contributed by atoms with van der Waals surface area (Å²) in [6, 6.07) is 4.79. The molecule has 1 aromatic rings. The Morgan fingerprint density at radius 3 is 2.89 bits per heavy atom. The summed E-state index contributed by atoms with van der Waals surface area (Å²) in [6.07, 6.45) is 1.80. The zero-order chi connectivity index (χ0) is 13.8. The van der Waals surface area contributed by atoms with Crippen molar-refractivity contribution in [1.82, 2.24) is 5.32 Å². The lowest BCUT2D eigenvalue weighted by atomic mass is 9.85. The second kappa shape index (κ2) is 6.55. The van der Waals surface area contributed by atoms with Gasteiger partial charge in [0.15, 0.2) is 0 Å². The van der Waals surface area contributed by atoms with E-state index in [1.807, 2.05) is 7.05 Å². The van der Waals surface area contributed by atoms with Gasteiger partial charge in [0.05, 0.1) is 5.02 Å². The molecule has 19 heavy (non-hydrogen) atoms. The number of halogens is 2. The lowest BCUT2D eigenvalue weighted by Crippen LogP contribution is -2.60. The molecule has 1 aliphatic rings. The second-order valence-electron chi connectivity index (χ2n) is 4.70. The van der Waals surface area contributed by atoms with Crippen LogP contribution in [0.25, 0.3) is 0 Å². The second-order valence-corrected chi connectivity index (χ2v) is 5.11. The van der Waals surface area contributed by atoms with E-state index in [-0.39, 0.29) is 17.2 Å². The van der Waals surface area contributed by atoms with Crippen molar-refractivity contribution in [3.63, 3.8) is 0 Å². The molecule has 5 heteroatoms. The van der Waals surface area contributed by atoms with Gasteiger partial charge in [0.25, 0.3) is 0 Å². The standard InChI is InChI=1S/C14H19ClFNO2/c1-3-6-18-14-12(17-2)8-13(14)19-9-4-5-10(15)11(16)7-9/h4-5,7,12-14,17H,3,6,8H2,1-2H3. The molecule has 3 atom stereocenters. The summed E-state index contributed by atoms with van der Waals surface area (Å²) in [6.45, 7) is 2.77. The summed E-state index contributed by atoms with van der Waals surface area (Å²) in [5, 5.41) is 3.30. The highest BCUT2D eigenvalue weighted by atomic mass is 35.5. The number of rotatable bonds is 6. The fourth-order valence-corrected chi connectivity index (χ4v) is 2.30. The van der Waals surface area contributed by atoms with Crippen LogP contribution in [0.3, 0.4) is 0 Å². The SMILES string of the molecule is CCCOC1C(NC)CC1Oc1ccc(Cl)c(F)c1. The van der Waals surface area contributed by atoms with Crippen molar-refractivity contribution in [3.05, 3.63) is 29.0 Å². The quantitative estimate of drug-likeness (QED) is 0.872. The van der Waals surface area contributed by atoms with Crippen molar-refractivity contribution < 1.29 is 13.9 Å². The molecule has 1 saturated carbocycles. The molecular weight excluding hydrogens is 269 g/mol. The summed E-state index contributed by atoms with van der Waals surface area (Å²) in [5.41, 5.74) is 0. The first kappa shape index (κ1) is 14.6. The van der Waals surface area contributed by atoms with Crippen molar-refractivity contribution in [1.29, 1.82) is 0 Å². The summed E-state index contributed by atoms with van der Waals surface area (Å²) in [4.78, 5) is 0. The number of hydrogen-bond acceptors (Lipinski definition) is 3. The molecular formula is C14H19ClFNO2. The topological polar surface area (TPSA) is 30.5 Å². The van der Waals surface area contributed by atoms with Gasteiger partial charge in [-0.05, 0) is 25.6 Å². The van der Waals surface area contributed by atoms with Crippen molar-refractivity contribution in [2.24, 2.45) is 0 Å². The van der Waals surface area contributed by atoms with Gasteiger partial charge in [-0.3, -0.25) is 0 Å². The number of likely N-dealkylation sites (N-methyl/N-ethyl adjacent to an activating group) is 1. The molecule has 1 N–H and O–H groups in total. The van der Waals surface area contributed by atoms with E-state index in [2.05, 4.69) is 12.2 Å². The van der Waals surface area contributed by atoms with E-state index in [1.54, 1.807) is 6.07 Å². The van der Waals surface area contributed by atoms with Crippen LogP contribution in [0, 0.1) is 5.82 Å². The average Bonchev–Trinajstić information content (AvgIpc) is 2.38. The molecule has 0 radical (unpaired) electrons. The molecule has 2 rings (SSSR count). The molecule has 0 aliphatic heterocycles. The maximum Gasteiger partial charge on any atom is 0.145 e. The molecule has 1 aliphatic carbocycles. The summed E-state index contributed by atoms with van der Waals surface area (Å²) in [7, 11) is 1.91. The molecule has 1 fully saturated rings. The van der Waals surface area contributed by atoms with Crippen molar-refractivity contribution >= 4 is 11.6 Å². The molecule has 0 spiro atoms. The van der Waals surface area contributed by atoms with Crippen LogP contribution in [0.2, 0.25) is 5.02 Å². The Kier molecular flexibility index (Phi) is 5.02. The first-order valence-corrected chi connectivity index (χ1v) is 6.94. The molecule has 0 amide bonds. The third-order valence-electron chi connectivity index (χ3n) is 3.31. The Bertz CT molecular complexity index is 430. The Morgan fingerprint density at radius 2 is 2.26 bits per heavy atom. The van der Waals surface area contributed by atoms with Crippen LogP contribution in [0.5, 0.6) is 5.75 Å². The number of benzene rings is 1. The lowest BCUT2D eigenvalue weighted by Gasteiger charge is -2.43. The highest BCUT2D eigenvalue weighted by Crippen LogP contribution is 2.30. The largest absolute Gasteiger partial charge is 0.487 e. The summed E-state index contributed by atoms with van der Waals surface area (Å²) < 4.78 is 24.9. The third-order valence-corrected chi connectivity index (χ3v) is 3.62. The number of nitrogens with one attached hydrogen (secondary N) is 1. The minimum atomic E-state index is -0.463. The highest BCUT2D eigenvalue weighted by molar-refractivity contribution is 6.30. The Morgan fingerprint density at radius 1 is 1.47 bits per heavy atom. The van der Waals surface area contributed by atoms with Crippen molar-refractivity contribution in [2.75, 3.05) is 13.7 Å². The van der Waals surface area contributed by atoms with Gasteiger partial charge < -0.3 is 14.8 Å². The van der Waals surface area contributed by atoms with Crippen LogP contribution in [0.4, 0.5) is 4.39 Å². The van der Waals surface area contributed by atoms with Crippen molar-refractivity contribution in [3.8, 4) is 5.75 Å². The van der Waals surface area contributed by atoms with E-state index >= 15 is 0 Å². The van der Waals surface area contributed by atoms with Gasteiger partial charge in [0, 0.05) is 25.1 Å². The Labute approximate surface area is 118 Å². The van der Waals surface area contributed by atoms with Gasteiger partial charge in [-0.25, -0.2) is 4.39 Å². The fourth-order valence-electron chi connectivity index (χ4n) is 2.18. The Balaban J connectivity index is 1.96. The van der Waals surface area contributed by atoms with E-state index in [0.717, 1.165) is 12.8 Å². The zero-order valence-corrected chi connectivity index (χ0v) is 11.9. The molecule has 0 heterocycles. The van der Waals surface area contributed by atoms with Gasteiger partial charge in [0.2, 0.25) is 0 Å². The van der Waals surface area contributed by atoms with E-state index < -0.39 is 5.82 Å². The monoisotopic (exact) mass is 287 g/mol. The third kappa shape index (κ3) is 3.38. The maximum absolute atomic E-state index is 13.3. The first-order valence-electron chi connectivity index (χ1n) is 6.56. The smallest absolute Gasteiger partial charge is 0.145 e. The number of ether oxygens (including phenoxy) is 2. The van der Waals surface area contributed by atoms with Crippen LogP contribution in [-0.4, -0.2) is 31.9 Å². The maximum atomic E-state index is 13.3. The predicted octanol–water partition coefficient (Wildman–Crippen LogP) is 3.01. The van der Waals surface area contributed by atoms with Crippen molar-refractivity contribution in [2.45, 2.75) is 38.0 Å². The predicted molar refractivity (Wildman–Crippen MR) is 73.3 cm³/mol. The molecule has 3 unspecified atom stereocenters. The molecule has 0 aromatic heterocycles. The molecule has 0 bridgehead atoms. The van der Waals surface area contributed by atoms with Gasteiger partial charge in [-0.15, -0.1) is 0 Å². The average molecular weight is 288 g/mol. The number of hydrogen-bond donors (Lipinski definition) is 1. The van der Waals surface area contributed by atoms with E-state index in [0.29, 0.717) is 18.4 Å². The van der Waals surface area contributed by atoms with Crippen LogP contribution < -0.4 is 10.1 Å². The van der Waals surface area contributed by atoms with Gasteiger partial charge >= 0.3 is 0 Å². The van der Waals surface area contributed by atoms with Crippen LogP contribution in [0.15, 0.2) is 18.2 Å². The Hall–Kier alpha value is -0.840. The van der Waals surface area contributed by atoms with Gasteiger partial charge in [0.1, 0.15) is 23.8 Å². The zero-order valence-electron chi connectivity index (χ0n) is 11.2. The van der Waals surface area contributed by atoms with E-state index in [1.165, 1.54) is 12.1 Å². The molecule has 0 saturated heterocycles. The minimum absolute atomic E-state index is 0.0173. The van der Waals surface area contributed by atoms with Crippen LogP contribution in [0.1, 0.15) is 19.8 Å². The summed E-state index contributed by atoms with van der Waals surface area (Å²) in [5.74, 6) is 0.0289. The van der Waals surface area contributed by atoms with Crippen LogP contribution >= 0.6 is 11.6 Å². The van der Waals surface area contributed by atoms with Gasteiger partial charge in [-0.2, -0.15) is 0 Å². The highest BCUT2D eigenvalue weighted by Gasteiger charge is 2.42.